The van der Waals surface area contributed by atoms with E-state index in [1.807, 2.05) is 24.3 Å². The number of methoxy groups -OCH3 is 3. The second-order valence-electron chi connectivity index (χ2n) is 6.81. The summed E-state index contributed by atoms with van der Waals surface area (Å²) in [5, 5.41) is 2.91. The van der Waals surface area contributed by atoms with E-state index >= 15 is 0 Å². The van der Waals surface area contributed by atoms with Gasteiger partial charge in [-0.25, -0.2) is 0 Å². The van der Waals surface area contributed by atoms with Crippen LogP contribution < -0.4 is 24.3 Å². The number of nitrogens with one attached hydrogen (secondary N) is 1. The first-order valence-corrected chi connectivity index (χ1v) is 9.48. The molecule has 2 aromatic rings. The molecule has 0 spiro atoms. The Bertz CT molecular complexity index is 772. The lowest BCUT2D eigenvalue weighted by molar-refractivity contribution is -0.115. The maximum Gasteiger partial charge on any atom is 0.228 e. The molecule has 0 atom stereocenters. The monoisotopic (exact) mass is 385 g/mol. The molecule has 1 saturated carbocycles. The van der Waals surface area contributed by atoms with Crippen LogP contribution in [0.2, 0.25) is 0 Å². The fourth-order valence-electron chi connectivity index (χ4n) is 3.44. The molecule has 1 N–H and O–H groups in total. The van der Waals surface area contributed by atoms with Gasteiger partial charge in [-0.3, -0.25) is 4.79 Å². The van der Waals surface area contributed by atoms with Crippen molar-refractivity contribution in [1.29, 1.82) is 0 Å². The summed E-state index contributed by atoms with van der Waals surface area (Å²) in [6.45, 7) is 0. The molecule has 150 valence electrons. The molecule has 2 aromatic carbocycles. The van der Waals surface area contributed by atoms with Crippen LogP contribution in [-0.2, 0) is 11.2 Å². The Morgan fingerprint density at radius 3 is 2.11 bits per heavy atom. The number of carbonyl (C=O) groups is 1. The van der Waals surface area contributed by atoms with E-state index in [1.165, 1.54) is 12.8 Å². The molecule has 1 amide bonds. The molecule has 1 fully saturated rings. The van der Waals surface area contributed by atoms with Crippen molar-refractivity contribution in [1.82, 2.24) is 0 Å². The maximum atomic E-state index is 12.4. The van der Waals surface area contributed by atoms with Crippen molar-refractivity contribution >= 4 is 11.6 Å². The van der Waals surface area contributed by atoms with Gasteiger partial charge in [-0.05, 0) is 67.6 Å². The highest BCUT2D eigenvalue weighted by Gasteiger charge is 2.17. The normalized spacial score (nSPS) is 13.8. The minimum Gasteiger partial charge on any atom is -0.493 e. The molecule has 0 bridgehead atoms. The first-order valence-electron chi connectivity index (χ1n) is 9.48. The fraction of sp³-hybridized carbons (Fsp3) is 0.409. The second kappa shape index (κ2) is 9.35. The first kappa shape index (κ1) is 19.9. The smallest absolute Gasteiger partial charge is 0.228 e. The zero-order valence-electron chi connectivity index (χ0n) is 16.6. The van der Waals surface area contributed by atoms with Crippen LogP contribution in [0, 0.1) is 0 Å². The van der Waals surface area contributed by atoms with Crippen molar-refractivity contribution in [3.63, 3.8) is 0 Å². The van der Waals surface area contributed by atoms with E-state index < -0.39 is 0 Å². The average molecular weight is 385 g/mol. The van der Waals surface area contributed by atoms with Crippen molar-refractivity contribution in [3.8, 4) is 23.0 Å². The Morgan fingerprint density at radius 1 is 0.964 bits per heavy atom. The van der Waals surface area contributed by atoms with Gasteiger partial charge in [0, 0.05) is 5.69 Å². The lowest BCUT2D eigenvalue weighted by Crippen LogP contribution is -2.15. The van der Waals surface area contributed by atoms with E-state index in [-0.39, 0.29) is 12.3 Å². The molecule has 0 heterocycles. The molecule has 0 unspecified atom stereocenters. The van der Waals surface area contributed by atoms with Crippen molar-refractivity contribution < 1.29 is 23.7 Å². The summed E-state index contributed by atoms with van der Waals surface area (Å²) in [6.07, 6.45) is 5.22. The van der Waals surface area contributed by atoms with Crippen molar-refractivity contribution in [2.45, 2.75) is 38.2 Å². The van der Waals surface area contributed by atoms with Crippen LogP contribution in [0.15, 0.2) is 36.4 Å². The Kier molecular flexibility index (Phi) is 6.63. The number of ether oxygens (including phenoxy) is 4. The molecule has 3 rings (SSSR count). The van der Waals surface area contributed by atoms with Gasteiger partial charge in [-0.1, -0.05) is 0 Å². The molecule has 1 aliphatic carbocycles. The summed E-state index contributed by atoms with van der Waals surface area (Å²) in [4.78, 5) is 12.4. The molecule has 28 heavy (non-hydrogen) atoms. The molecular weight excluding hydrogens is 358 g/mol. The number of carbonyl (C=O) groups excluding carboxylic acids is 1. The molecule has 0 saturated heterocycles. The minimum atomic E-state index is -0.126. The molecule has 6 nitrogen and oxygen atoms in total. The Balaban J connectivity index is 1.62. The second-order valence-corrected chi connectivity index (χ2v) is 6.81. The van der Waals surface area contributed by atoms with Gasteiger partial charge in [-0.2, -0.15) is 0 Å². The lowest BCUT2D eigenvalue weighted by atomic mass is 10.1. The van der Waals surface area contributed by atoms with Gasteiger partial charge in [0.05, 0.1) is 33.9 Å². The highest BCUT2D eigenvalue weighted by atomic mass is 16.5. The van der Waals surface area contributed by atoms with Gasteiger partial charge >= 0.3 is 0 Å². The van der Waals surface area contributed by atoms with Crippen molar-refractivity contribution in [2.24, 2.45) is 0 Å². The summed E-state index contributed by atoms with van der Waals surface area (Å²) < 4.78 is 21.9. The van der Waals surface area contributed by atoms with E-state index in [4.69, 9.17) is 18.9 Å². The highest BCUT2D eigenvalue weighted by molar-refractivity contribution is 5.92. The largest absolute Gasteiger partial charge is 0.493 e. The molecule has 1 aliphatic rings. The zero-order valence-corrected chi connectivity index (χ0v) is 16.6. The highest BCUT2D eigenvalue weighted by Crippen LogP contribution is 2.38. The average Bonchev–Trinajstić information content (AvgIpc) is 3.21. The number of amides is 1. The third kappa shape index (κ3) is 4.88. The van der Waals surface area contributed by atoms with Crippen LogP contribution in [0.25, 0.3) is 0 Å². The van der Waals surface area contributed by atoms with E-state index in [0.29, 0.717) is 23.4 Å². The summed E-state index contributed by atoms with van der Waals surface area (Å²) >= 11 is 0. The van der Waals surface area contributed by atoms with Crippen LogP contribution in [0.4, 0.5) is 5.69 Å². The Hall–Kier alpha value is -2.89. The summed E-state index contributed by atoms with van der Waals surface area (Å²) in [5.41, 5.74) is 1.50. The number of rotatable bonds is 8. The van der Waals surface area contributed by atoms with Gasteiger partial charge in [0.2, 0.25) is 11.7 Å². The molecule has 6 heteroatoms. The third-order valence-corrected chi connectivity index (χ3v) is 4.83. The van der Waals surface area contributed by atoms with E-state index in [2.05, 4.69) is 5.32 Å². The summed E-state index contributed by atoms with van der Waals surface area (Å²) in [7, 11) is 4.65. The predicted octanol–water partition coefficient (Wildman–Crippen LogP) is 4.22. The number of hydrogen-bond donors (Lipinski definition) is 1. The Morgan fingerprint density at radius 2 is 1.57 bits per heavy atom. The molecule has 0 radical (unpaired) electrons. The number of anilines is 1. The third-order valence-electron chi connectivity index (χ3n) is 4.83. The van der Waals surface area contributed by atoms with Gasteiger partial charge in [0.1, 0.15) is 5.75 Å². The van der Waals surface area contributed by atoms with Gasteiger partial charge in [-0.15, -0.1) is 0 Å². The lowest BCUT2D eigenvalue weighted by Gasteiger charge is -2.14. The first-order chi connectivity index (χ1) is 13.6. The Labute approximate surface area is 165 Å². The fourth-order valence-corrected chi connectivity index (χ4v) is 3.44. The van der Waals surface area contributed by atoms with Crippen LogP contribution >= 0.6 is 0 Å². The van der Waals surface area contributed by atoms with Crippen LogP contribution in [0.1, 0.15) is 31.2 Å². The minimum absolute atomic E-state index is 0.126. The predicted molar refractivity (Wildman–Crippen MR) is 108 cm³/mol. The number of benzene rings is 2. The van der Waals surface area contributed by atoms with Crippen LogP contribution in [0.3, 0.4) is 0 Å². The zero-order chi connectivity index (χ0) is 19.9. The van der Waals surface area contributed by atoms with Crippen LogP contribution in [-0.4, -0.2) is 33.3 Å². The maximum absolute atomic E-state index is 12.4. The number of hydrogen-bond acceptors (Lipinski definition) is 5. The van der Waals surface area contributed by atoms with Gasteiger partial charge < -0.3 is 24.3 Å². The quantitative estimate of drug-likeness (QED) is 0.737. The van der Waals surface area contributed by atoms with Crippen molar-refractivity contribution in [3.05, 3.63) is 42.0 Å². The van der Waals surface area contributed by atoms with E-state index in [9.17, 15) is 4.79 Å². The summed E-state index contributed by atoms with van der Waals surface area (Å²) in [5.74, 6) is 2.27. The standard InChI is InChI=1S/C22H27NO5/c1-25-19-12-15(13-20(26-2)22(19)27-3)14-21(24)23-16-8-10-18(11-9-16)28-17-6-4-5-7-17/h8-13,17H,4-7,14H2,1-3H3,(H,23,24). The summed E-state index contributed by atoms with van der Waals surface area (Å²) in [6, 6.07) is 11.1. The topological polar surface area (TPSA) is 66.0 Å². The molecular formula is C22H27NO5. The van der Waals surface area contributed by atoms with Gasteiger partial charge in [0.25, 0.3) is 0 Å². The van der Waals surface area contributed by atoms with Gasteiger partial charge in [0.15, 0.2) is 11.5 Å². The molecule has 0 aromatic heterocycles. The van der Waals surface area contributed by atoms with E-state index in [0.717, 1.165) is 29.8 Å². The molecule has 0 aliphatic heterocycles. The van der Waals surface area contributed by atoms with Crippen LogP contribution in [0.5, 0.6) is 23.0 Å². The van der Waals surface area contributed by atoms with E-state index in [1.54, 1.807) is 33.5 Å². The SMILES string of the molecule is COc1cc(CC(=O)Nc2ccc(OC3CCCC3)cc2)cc(OC)c1OC. The van der Waals surface area contributed by atoms with Crippen molar-refractivity contribution in [2.75, 3.05) is 26.6 Å².